The van der Waals surface area contributed by atoms with Crippen molar-refractivity contribution in [1.82, 2.24) is 15.3 Å². The van der Waals surface area contributed by atoms with Gasteiger partial charge in [-0.25, -0.2) is 0 Å². The van der Waals surface area contributed by atoms with E-state index in [1.54, 1.807) is 0 Å². The first-order valence-corrected chi connectivity index (χ1v) is 13.6. The molecule has 1 aliphatic carbocycles. The second-order valence-electron chi connectivity index (χ2n) is 10.3. The first-order valence-electron chi connectivity index (χ1n) is 13.2. The smallest absolute Gasteiger partial charge is 0.232 e. The highest BCUT2D eigenvalue weighted by atomic mass is 32.1. The molecule has 1 saturated carbocycles. The van der Waals surface area contributed by atoms with Crippen molar-refractivity contribution >= 4 is 34.9 Å². The number of nitrogens with one attached hydrogen (secondary N) is 2. The number of fused-ring (bicyclic) bond motifs is 1. The molecule has 3 aliphatic rings. The number of nitrogens with zero attached hydrogens (tertiary/aromatic N) is 4. The molecule has 2 N–H and O–H groups in total. The molecule has 2 fully saturated rings. The molecule has 1 aromatic carbocycles. The summed E-state index contributed by atoms with van der Waals surface area (Å²) >= 11 is 5.70. The minimum Gasteiger partial charge on any atom is -0.360 e. The van der Waals surface area contributed by atoms with Crippen molar-refractivity contribution in [2.24, 2.45) is 5.92 Å². The van der Waals surface area contributed by atoms with Crippen molar-refractivity contribution < 1.29 is 0 Å². The summed E-state index contributed by atoms with van der Waals surface area (Å²) in [6.07, 6.45) is 11.1. The Balaban J connectivity index is 1.36. The van der Waals surface area contributed by atoms with E-state index in [-0.39, 0.29) is 0 Å². The molecule has 182 valence electrons. The molecule has 0 spiro atoms. The van der Waals surface area contributed by atoms with E-state index in [4.69, 9.17) is 22.2 Å². The molecule has 6 nitrogen and oxygen atoms in total. The van der Waals surface area contributed by atoms with Gasteiger partial charge >= 0.3 is 0 Å². The molecule has 3 heterocycles. The van der Waals surface area contributed by atoms with Gasteiger partial charge in [-0.1, -0.05) is 56.9 Å². The standard InChI is InChI=1S/C27H38N6S/c1-20-9-8-15-32(18-20)24-17-25(33-16-14-21-10-6-7-11-22(21)19-33)30-26(29-24)31-27(34)28-23-12-4-2-3-5-13-23/h6-7,10-11,17,20,23H,2-5,8-9,12-16,18-19H2,1H3,(H2,28,29,30,31,34)/t20-/m0/s1. The van der Waals surface area contributed by atoms with Crippen LogP contribution in [0.1, 0.15) is 69.4 Å². The van der Waals surface area contributed by atoms with E-state index in [1.807, 2.05) is 0 Å². The second kappa shape index (κ2) is 10.9. The van der Waals surface area contributed by atoms with E-state index in [1.165, 1.54) is 62.5 Å². The summed E-state index contributed by atoms with van der Waals surface area (Å²) < 4.78 is 0. The summed E-state index contributed by atoms with van der Waals surface area (Å²) in [6.45, 7) is 6.28. The van der Waals surface area contributed by atoms with Gasteiger partial charge in [0.1, 0.15) is 11.6 Å². The third-order valence-corrected chi connectivity index (χ3v) is 7.77. The quantitative estimate of drug-likeness (QED) is 0.458. The molecule has 34 heavy (non-hydrogen) atoms. The van der Waals surface area contributed by atoms with Crippen LogP contribution in [0, 0.1) is 5.92 Å². The fraction of sp³-hybridized carbons (Fsp3) is 0.593. The minimum absolute atomic E-state index is 0.451. The SMILES string of the molecule is C[C@H]1CCCN(c2cc(N3CCc4ccccc4C3)nc(NC(=S)NC3CCCCCC3)n2)C1. The molecule has 0 radical (unpaired) electrons. The van der Waals surface area contributed by atoms with Gasteiger partial charge in [0.15, 0.2) is 5.11 Å². The molecular formula is C27H38N6S. The predicted molar refractivity (Wildman–Crippen MR) is 145 cm³/mol. The Morgan fingerprint density at radius 3 is 2.41 bits per heavy atom. The van der Waals surface area contributed by atoms with E-state index in [0.29, 0.717) is 23.0 Å². The van der Waals surface area contributed by atoms with Crippen molar-refractivity contribution in [3.05, 3.63) is 41.5 Å². The number of rotatable bonds is 4. The molecule has 0 unspecified atom stereocenters. The van der Waals surface area contributed by atoms with Crippen LogP contribution < -0.4 is 20.4 Å². The Kier molecular flexibility index (Phi) is 7.48. The fourth-order valence-corrected chi connectivity index (χ4v) is 5.90. The first-order chi connectivity index (χ1) is 16.6. The highest BCUT2D eigenvalue weighted by Gasteiger charge is 2.23. The third-order valence-electron chi connectivity index (χ3n) is 7.55. The summed E-state index contributed by atoms with van der Waals surface area (Å²) in [6, 6.07) is 11.4. The second-order valence-corrected chi connectivity index (χ2v) is 10.7. The van der Waals surface area contributed by atoms with Gasteiger partial charge in [0.2, 0.25) is 5.95 Å². The van der Waals surface area contributed by atoms with Gasteiger partial charge < -0.3 is 20.4 Å². The lowest BCUT2D eigenvalue weighted by molar-refractivity contribution is 0.444. The number of anilines is 3. The Morgan fingerprint density at radius 1 is 0.912 bits per heavy atom. The van der Waals surface area contributed by atoms with Gasteiger partial charge in [-0.05, 0) is 61.4 Å². The summed E-state index contributed by atoms with van der Waals surface area (Å²) in [5, 5.41) is 7.53. The maximum atomic E-state index is 5.70. The average molecular weight is 479 g/mol. The van der Waals surface area contributed by atoms with Crippen molar-refractivity contribution in [2.75, 3.05) is 34.8 Å². The van der Waals surface area contributed by atoms with E-state index in [2.05, 4.69) is 57.7 Å². The van der Waals surface area contributed by atoms with E-state index in [9.17, 15) is 0 Å². The minimum atomic E-state index is 0.451. The van der Waals surface area contributed by atoms with Crippen molar-refractivity contribution in [1.29, 1.82) is 0 Å². The number of piperidine rings is 1. The van der Waals surface area contributed by atoms with Crippen LogP contribution in [0.25, 0.3) is 0 Å². The van der Waals surface area contributed by atoms with Crippen LogP contribution in [0.4, 0.5) is 17.6 Å². The summed E-state index contributed by atoms with van der Waals surface area (Å²) in [4.78, 5) is 14.7. The molecule has 7 heteroatoms. The summed E-state index contributed by atoms with van der Waals surface area (Å²) in [5.41, 5.74) is 2.84. The topological polar surface area (TPSA) is 56.3 Å². The van der Waals surface area contributed by atoms with Gasteiger partial charge in [-0.2, -0.15) is 9.97 Å². The zero-order valence-corrected chi connectivity index (χ0v) is 21.2. The lowest BCUT2D eigenvalue weighted by Crippen LogP contribution is -2.39. The number of aromatic nitrogens is 2. The van der Waals surface area contributed by atoms with Crippen LogP contribution in [0.2, 0.25) is 0 Å². The fourth-order valence-electron chi connectivity index (χ4n) is 5.64. The van der Waals surface area contributed by atoms with Gasteiger partial charge in [0.25, 0.3) is 0 Å². The number of hydrogen-bond donors (Lipinski definition) is 2. The molecule has 1 aromatic heterocycles. The molecule has 1 saturated heterocycles. The average Bonchev–Trinajstić information content (AvgIpc) is 3.12. The van der Waals surface area contributed by atoms with E-state index in [0.717, 1.165) is 44.2 Å². The molecule has 1 atom stereocenters. The van der Waals surface area contributed by atoms with Gasteiger partial charge in [-0.15, -0.1) is 0 Å². The van der Waals surface area contributed by atoms with Crippen LogP contribution in [0.3, 0.4) is 0 Å². The maximum Gasteiger partial charge on any atom is 0.232 e. The predicted octanol–water partition coefficient (Wildman–Crippen LogP) is 5.28. The van der Waals surface area contributed by atoms with Crippen LogP contribution in [-0.4, -0.2) is 40.8 Å². The first kappa shape index (κ1) is 23.3. The molecule has 0 amide bonds. The van der Waals surface area contributed by atoms with Gasteiger partial charge in [0, 0.05) is 38.3 Å². The number of benzene rings is 1. The Hall–Kier alpha value is -2.41. The number of hydrogen-bond acceptors (Lipinski definition) is 5. The van der Waals surface area contributed by atoms with Crippen molar-refractivity contribution in [3.8, 4) is 0 Å². The lowest BCUT2D eigenvalue weighted by Gasteiger charge is -2.34. The largest absolute Gasteiger partial charge is 0.360 e. The van der Waals surface area contributed by atoms with Gasteiger partial charge in [0.05, 0.1) is 0 Å². The lowest BCUT2D eigenvalue weighted by atomic mass is 10.00. The molecule has 0 bridgehead atoms. The van der Waals surface area contributed by atoms with Gasteiger partial charge in [-0.3, -0.25) is 0 Å². The Morgan fingerprint density at radius 2 is 1.65 bits per heavy atom. The Bertz CT molecular complexity index is 987. The van der Waals surface area contributed by atoms with E-state index < -0.39 is 0 Å². The van der Waals surface area contributed by atoms with Crippen LogP contribution in [0.15, 0.2) is 30.3 Å². The maximum absolute atomic E-state index is 5.70. The summed E-state index contributed by atoms with van der Waals surface area (Å²) in [5.74, 6) is 3.28. The van der Waals surface area contributed by atoms with Crippen molar-refractivity contribution in [3.63, 3.8) is 0 Å². The molecule has 5 rings (SSSR count). The van der Waals surface area contributed by atoms with Crippen molar-refractivity contribution in [2.45, 2.75) is 77.3 Å². The highest BCUT2D eigenvalue weighted by molar-refractivity contribution is 7.80. The monoisotopic (exact) mass is 478 g/mol. The number of thiocarbonyl (C=S) groups is 1. The normalized spacial score (nSPS) is 21.5. The molecular weight excluding hydrogens is 440 g/mol. The highest BCUT2D eigenvalue weighted by Crippen LogP contribution is 2.29. The van der Waals surface area contributed by atoms with Crippen LogP contribution >= 0.6 is 12.2 Å². The zero-order chi connectivity index (χ0) is 23.3. The summed E-state index contributed by atoms with van der Waals surface area (Å²) in [7, 11) is 0. The third kappa shape index (κ3) is 5.80. The van der Waals surface area contributed by atoms with Crippen LogP contribution in [0.5, 0.6) is 0 Å². The van der Waals surface area contributed by atoms with Crippen LogP contribution in [-0.2, 0) is 13.0 Å². The zero-order valence-electron chi connectivity index (χ0n) is 20.4. The molecule has 2 aliphatic heterocycles. The van der Waals surface area contributed by atoms with E-state index >= 15 is 0 Å². The molecule has 2 aromatic rings. The Labute approximate surface area is 209 Å².